The molecule has 0 spiro atoms. The van der Waals surface area contributed by atoms with Gasteiger partial charge in [-0.3, -0.25) is 14.6 Å². The minimum absolute atomic E-state index is 0.176. The van der Waals surface area contributed by atoms with Crippen molar-refractivity contribution >= 4 is 18.3 Å². The Kier molecular flexibility index (Phi) is 7.38. The van der Waals surface area contributed by atoms with Crippen molar-refractivity contribution in [3.8, 4) is 0 Å². The molecule has 0 aliphatic rings. The third-order valence-corrected chi connectivity index (χ3v) is 3.65. The van der Waals surface area contributed by atoms with Crippen LogP contribution in [0, 0.1) is 5.92 Å². The Bertz CT molecular complexity index is 560. The van der Waals surface area contributed by atoms with Gasteiger partial charge in [-0.15, -0.1) is 0 Å². The van der Waals surface area contributed by atoms with Crippen molar-refractivity contribution in [1.29, 1.82) is 0 Å². The smallest absolute Gasteiger partial charge is 0.326 e. The first-order valence-electron chi connectivity index (χ1n) is 7.75. The Labute approximate surface area is 142 Å². The highest BCUT2D eigenvalue weighted by atomic mass is 16.4. The van der Waals surface area contributed by atoms with Gasteiger partial charge < -0.3 is 10.4 Å². The van der Waals surface area contributed by atoms with Crippen LogP contribution in [0.25, 0.3) is 0 Å². The quantitative estimate of drug-likeness (QED) is 0.514. The normalized spacial score (nSPS) is 13.4. The number of carbonyl (C=O) groups is 3. The molecule has 0 bridgehead atoms. The minimum atomic E-state index is -1.11. The SMILES string of the molecule is CC(C)C(C(=O)N[C@@H](Cc1ccccc1)C(=O)O)N(C=O)N(C)C. The summed E-state index contributed by atoms with van der Waals surface area (Å²) in [4.78, 5) is 35.4. The number of amides is 2. The average molecular weight is 335 g/mol. The molecule has 1 unspecified atom stereocenters. The summed E-state index contributed by atoms with van der Waals surface area (Å²) in [5, 5.41) is 14.7. The molecule has 2 atom stereocenters. The summed E-state index contributed by atoms with van der Waals surface area (Å²) in [6.45, 7) is 3.61. The van der Waals surface area contributed by atoms with E-state index in [-0.39, 0.29) is 12.3 Å². The number of rotatable bonds is 9. The fourth-order valence-electron chi connectivity index (χ4n) is 2.44. The molecule has 1 aromatic carbocycles. The molecular weight excluding hydrogens is 310 g/mol. The summed E-state index contributed by atoms with van der Waals surface area (Å²) < 4.78 is 0. The van der Waals surface area contributed by atoms with Gasteiger partial charge >= 0.3 is 5.97 Å². The van der Waals surface area contributed by atoms with E-state index in [1.165, 1.54) is 10.0 Å². The van der Waals surface area contributed by atoms with E-state index in [0.717, 1.165) is 5.56 Å². The summed E-state index contributed by atoms with van der Waals surface area (Å²) in [7, 11) is 3.30. The molecule has 7 nitrogen and oxygen atoms in total. The molecule has 7 heteroatoms. The van der Waals surface area contributed by atoms with Gasteiger partial charge in [-0.1, -0.05) is 44.2 Å². The van der Waals surface area contributed by atoms with Gasteiger partial charge in [0.05, 0.1) is 0 Å². The molecule has 0 aromatic heterocycles. The van der Waals surface area contributed by atoms with E-state index in [4.69, 9.17) is 0 Å². The summed E-state index contributed by atoms with van der Waals surface area (Å²) in [6, 6.07) is 7.23. The zero-order valence-corrected chi connectivity index (χ0v) is 14.5. The number of nitrogens with one attached hydrogen (secondary N) is 1. The second kappa shape index (κ2) is 9.02. The first kappa shape index (κ1) is 19.6. The topological polar surface area (TPSA) is 90.0 Å². The van der Waals surface area contributed by atoms with Crippen molar-refractivity contribution < 1.29 is 19.5 Å². The van der Waals surface area contributed by atoms with Crippen LogP contribution in [0.1, 0.15) is 19.4 Å². The molecule has 0 aliphatic heterocycles. The molecule has 0 radical (unpaired) electrons. The standard InChI is InChI=1S/C17H25N3O4/c1-12(2)15(20(11-21)19(3)4)16(22)18-14(17(23)24)10-13-8-6-5-7-9-13/h5-9,11-12,14-15H,10H2,1-4H3,(H,18,22)(H,23,24)/t14-,15?/m0/s1. The van der Waals surface area contributed by atoms with Gasteiger partial charge in [0.15, 0.2) is 0 Å². The van der Waals surface area contributed by atoms with E-state index in [1.54, 1.807) is 40.1 Å². The zero-order valence-electron chi connectivity index (χ0n) is 14.5. The Morgan fingerprint density at radius 3 is 2.21 bits per heavy atom. The number of hydrogen-bond acceptors (Lipinski definition) is 4. The maximum atomic E-state index is 12.6. The predicted octanol–water partition coefficient (Wildman–Crippen LogP) is 0.758. The maximum absolute atomic E-state index is 12.6. The molecule has 0 heterocycles. The second-order valence-corrected chi connectivity index (χ2v) is 6.11. The lowest BCUT2D eigenvalue weighted by Crippen LogP contribution is -2.57. The number of carboxylic acids is 1. The highest BCUT2D eigenvalue weighted by Crippen LogP contribution is 2.12. The summed E-state index contributed by atoms with van der Waals surface area (Å²) in [5.74, 6) is -1.78. The molecule has 1 rings (SSSR count). The van der Waals surface area contributed by atoms with Gasteiger partial charge in [0.1, 0.15) is 12.1 Å². The fraction of sp³-hybridized carbons (Fsp3) is 0.471. The van der Waals surface area contributed by atoms with Crippen LogP contribution in [-0.2, 0) is 20.8 Å². The number of aliphatic carboxylic acids is 1. The summed E-state index contributed by atoms with van der Waals surface area (Å²) in [6.07, 6.45) is 0.743. The van der Waals surface area contributed by atoms with Crippen LogP contribution in [0.4, 0.5) is 0 Å². The van der Waals surface area contributed by atoms with Gasteiger partial charge in [0.25, 0.3) is 0 Å². The average Bonchev–Trinajstić information content (AvgIpc) is 2.51. The van der Waals surface area contributed by atoms with E-state index in [1.807, 2.05) is 18.2 Å². The lowest BCUT2D eigenvalue weighted by atomic mass is 10.0. The molecular formula is C17H25N3O4. The van der Waals surface area contributed by atoms with Gasteiger partial charge in [-0.25, -0.2) is 9.80 Å². The number of benzene rings is 1. The molecule has 24 heavy (non-hydrogen) atoms. The van der Waals surface area contributed by atoms with E-state index < -0.39 is 24.0 Å². The third-order valence-electron chi connectivity index (χ3n) is 3.65. The third kappa shape index (κ3) is 5.34. The van der Waals surface area contributed by atoms with Gasteiger partial charge in [0.2, 0.25) is 12.3 Å². The van der Waals surface area contributed by atoms with E-state index in [0.29, 0.717) is 6.41 Å². The van der Waals surface area contributed by atoms with Crippen molar-refractivity contribution in [1.82, 2.24) is 15.3 Å². The molecule has 2 amide bonds. The predicted molar refractivity (Wildman–Crippen MR) is 89.9 cm³/mol. The van der Waals surface area contributed by atoms with Crippen molar-refractivity contribution in [2.75, 3.05) is 14.1 Å². The fourth-order valence-corrected chi connectivity index (χ4v) is 2.44. The lowest BCUT2D eigenvalue weighted by Gasteiger charge is -2.35. The van der Waals surface area contributed by atoms with E-state index in [9.17, 15) is 19.5 Å². The van der Waals surface area contributed by atoms with Crippen LogP contribution in [0.3, 0.4) is 0 Å². The van der Waals surface area contributed by atoms with Crippen LogP contribution >= 0.6 is 0 Å². The Hall–Kier alpha value is -2.41. The van der Waals surface area contributed by atoms with Crippen LogP contribution in [-0.4, -0.2) is 59.6 Å². The number of hydrazine groups is 1. The van der Waals surface area contributed by atoms with Crippen LogP contribution < -0.4 is 5.32 Å². The molecule has 2 N–H and O–H groups in total. The highest BCUT2D eigenvalue weighted by molar-refractivity contribution is 5.88. The summed E-state index contributed by atoms with van der Waals surface area (Å²) >= 11 is 0. The van der Waals surface area contributed by atoms with Crippen molar-refractivity contribution in [3.05, 3.63) is 35.9 Å². The molecule has 132 valence electrons. The molecule has 1 aromatic rings. The monoisotopic (exact) mass is 335 g/mol. The maximum Gasteiger partial charge on any atom is 0.326 e. The molecule has 0 aliphatic carbocycles. The van der Waals surface area contributed by atoms with Crippen LogP contribution in [0.2, 0.25) is 0 Å². The number of nitrogens with zero attached hydrogens (tertiary/aromatic N) is 2. The molecule has 0 saturated heterocycles. The van der Waals surface area contributed by atoms with E-state index in [2.05, 4.69) is 5.32 Å². The Balaban J connectivity index is 2.92. The van der Waals surface area contributed by atoms with Crippen molar-refractivity contribution in [2.45, 2.75) is 32.4 Å². The minimum Gasteiger partial charge on any atom is -0.480 e. The highest BCUT2D eigenvalue weighted by Gasteiger charge is 2.32. The number of carbonyl (C=O) groups excluding carboxylic acids is 2. The molecule has 0 fully saturated rings. The van der Waals surface area contributed by atoms with Gasteiger partial charge in [0, 0.05) is 20.5 Å². The van der Waals surface area contributed by atoms with Crippen molar-refractivity contribution in [2.24, 2.45) is 5.92 Å². The first-order chi connectivity index (χ1) is 11.3. The van der Waals surface area contributed by atoms with E-state index >= 15 is 0 Å². The second-order valence-electron chi connectivity index (χ2n) is 6.11. The first-order valence-corrected chi connectivity index (χ1v) is 7.75. The Morgan fingerprint density at radius 1 is 1.21 bits per heavy atom. The largest absolute Gasteiger partial charge is 0.480 e. The number of carboxylic acid groups (broad SMARTS) is 1. The van der Waals surface area contributed by atoms with Gasteiger partial charge in [-0.2, -0.15) is 0 Å². The Morgan fingerprint density at radius 2 is 1.79 bits per heavy atom. The summed E-state index contributed by atoms with van der Waals surface area (Å²) in [5.41, 5.74) is 0.811. The zero-order chi connectivity index (χ0) is 18.3. The van der Waals surface area contributed by atoms with Gasteiger partial charge in [-0.05, 0) is 11.5 Å². The lowest BCUT2D eigenvalue weighted by molar-refractivity contribution is -0.151. The molecule has 0 saturated carbocycles. The van der Waals surface area contributed by atoms with Crippen LogP contribution in [0.5, 0.6) is 0 Å². The van der Waals surface area contributed by atoms with Crippen molar-refractivity contribution in [3.63, 3.8) is 0 Å². The number of hydrogen-bond donors (Lipinski definition) is 2. The van der Waals surface area contributed by atoms with Crippen LogP contribution in [0.15, 0.2) is 30.3 Å².